The van der Waals surface area contributed by atoms with Gasteiger partial charge in [0, 0.05) is 6.42 Å². The highest BCUT2D eigenvalue weighted by molar-refractivity contribution is 5.71. The first-order valence-electron chi connectivity index (χ1n) is 7.95. The number of benzene rings is 1. The van der Waals surface area contributed by atoms with Crippen molar-refractivity contribution in [1.82, 2.24) is 10.2 Å². The van der Waals surface area contributed by atoms with E-state index in [9.17, 15) is 4.79 Å². The second-order valence-electron chi connectivity index (χ2n) is 6.22. The van der Waals surface area contributed by atoms with Crippen LogP contribution in [0.25, 0.3) is 0 Å². The summed E-state index contributed by atoms with van der Waals surface area (Å²) in [5.74, 6) is 0. The molecular weight excluding hydrogens is 264 g/mol. The van der Waals surface area contributed by atoms with Gasteiger partial charge in [0.05, 0.1) is 12.6 Å². The summed E-state index contributed by atoms with van der Waals surface area (Å²) in [5, 5.41) is 3.42. The highest BCUT2D eigenvalue weighted by atomic mass is 16.6. The first-order chi connectivity index (χ1) is 10.2. The number of ether oxygens (including phenoxy) is 1. The molecule has 4 nitrogen and oxygen atoms in total. The van der Waals surface area contributed by atoms with Gasteiger partial charge in [-0.25, -0.2) is 4.79 Å². The van der Waals surface area contributed by atoms with Gasteiger partial charge in [-0.15, -0.1) is 0 Å². The smallest absolute Gasteiger partial charge is 0.411 e. The highest BCUT2D eigenvalue weighted by Gasteiger charge is 2.46. The van der Waals surface area contributed by atoms with Crippen LogP contribution in [0.4, 0.5) is 4.79 Å². The van der Waals surface area contributed by atoms with E-state index < -0.39 is 0 Å². The molecular formula is C17H24N2O2. The van der Waals surface area contributed by atoms with E-state index >= 15 is 0 Å². The molecule has 2 heterocycles. The van der Waals surface area contributed by atoms with Crippen LogP contribution < -0.4 is 5.32 Å². The van der Waals surface area contributed by atoms with Gasteiger partial charge in [-0.2, -0.15) is 0 Å². The normalized spacial score (nSPS) is 28.0. The van der Waals surface area contributed by atoms with Crippen LogP contribution in [0.2, 0.25) is 0 Å². The van der Waals surface area contributed by atoms with E-state index in [0.29, 0.717) is 6.54 Å². The molecule has 0 bridgehead atoms. The summed E-state index contributed by atoms with van der Waals surface area (Å²) in [4.78, 5) is 14.2. The number of carbonyl (C=O) groups is 1. The number of amides is 1. The van der Waals surface area contributed by atoms with E-state index in [4.69, 9.17) is 4.74 Å². The molecule has 1 spiro atoms. The molecule has 1 N–H and O–H groups in total. The van der Waals surface area contributed by atoms with Gasteiger partial charge in [0.2, 0.25) is 0 Å². The van der Waals surface area contributed by atoms with Crippen LogP contribution in [0.1, 0.15) is 44.2 Å². The average Bonchev–Trinajstić information content (AvgIpc) is 2.81. The van der Waals surface area contributed by atoms with Crippen LogP contribution in [0, 0.1) is 0 Å². The third kappa shape index (κ3) is 3.05. The topological polar surface area (TPSA) is 41.6 Å². The molecule has 1 aromatic rings. The Hall–Kier alpha value is -1.55. The zero-order valence-corrected chi connectivity index (χ0v) is 12.7. The molecule has 2 aliphatic rings. The number of rotatable bonds is 2. The lowest BCUT2D eigenvalue weighted by molar-refractivity contribution is 0.0376. The summed E-state index contributed by atoms with van der Waals surface area (Å²) in [6.45, 7) is 4.80. The van der Waals surface area contributed by atoms with E-state index in [2.05, 4.69) is 24.4 Å². The van der Waals surface area contributed by atoms with Gasteiger partial charge in [-0.05, 0) is 44.8 Å². The van der Waals surface area contributed by atoms with Crippen LogP contribution in [0.15, 0.2) is 30.3 Å². The quantitative estimate of drug-likeness (QED) is 0.909. The Balaban J connectivity index is 1.74. The van der Waals surface area contributed by atoms with Crippen molar-refractivity contribution in [1.29, 1.82) is 0 Å². The standard InChI is InChI=1S/C17H24N2O2/c1-14(15-7-3-2-4-8-15)19-13-17(21-16(19)20)9-5-6-11-18-12-10-17/h2-4,7-8,14,18H,5-6,9-13H2,1H3/t14-,17?/m1/s1. The maximum Gasteiger partial charge on any atom is 0.411 e. The number of nitrogens with one attached hydrogen (secondary N) is 1. The fourth-order valence-electron chi connectivity index (χ4n) is 3.38. The van der Waals surface area contributed by atoms with Gasteiger partial charge in [0.15, 0.2) is 0 Å². The second-order valence-corrected chi connectivity index (χ2v) is 6.22. The Kier molecular flexibility index (Phi) is 4.15. The minimum Gasteiger partial charge on any atom is -0.441 e. The van der Waals surface area contributed by atoms with Gasteiger partial charge in [0.1, 0.15) is 5.60 Å². The fraction of sp³-hybridized carbons (Fsp3) is 0.588. The Morgan fingerprint density at radius 1 is 1.19 bits per heavy atom. The number of hydrogen-bond donors (Lipinski definition) is 1. The minimum atomic E-state index is -0.284. The van der Waals surface area contributed by atoms with Crippen molar-refractivity contribution >= 4 is 6.09 Å². The average molecular weight is 288 g/mol. The number of hydrogen-bond acceptors (Lipinski definition) is 3. The molecule has 2 fully saturated rings. The van der Waals surface area contributed by atoms with E-state index in [-0.39, 0.29) is 17.7 Å². The molecule has 2 atom stereocenters. The van der Waals surface area contributed by atoms with E-state index in [1.807, 2.05) is 23.1 Å². The summed E-state index contributed by atoms with van der Waals surface area (Å²) in [5.41, 5.74) is 0.878. The Bertz CT molecular complexity index is 481. The number of nitrogens with zero attached hydrogens (tertiary/aromatic N) is 1. The van der Waals surface area contributed by atoms with Gasteiger partial charge < -0.3 is 10.1 Å². The molecule has 0 radical (unpaired) electrons. The largest absolute Gasteiger partial charge is 0.441 e. The molecule has 0 aliphatic carbocycles. The molecule has 1 aromatic carbocycles. The molecule has 2 aliphatic heterocycles. The van der Waals surface area contributed by atoms with Crippen LogP contribution in [0.5, 0.6) is 0 Å². The lowest BCUT2D eigenvalue weighted by atomic mass is 9.91. The lowest BCUT2D eigenvalue weighted by Gasteiger charge is -2.30. The summed E-state index contributed by atoms with van der Waals surface area (Å²) in [6, 6.07) is 10.2. The summed E-state index contributed by atoms with van der Waals surface area (Å²) in [7, 11) is 0. The molecule has 4 heteroatoms. The Morgan fingerprint density at radius 3 is 2.81 bits per heavy atom. The molecule has 21 heavy (non-hydrogen) atoms. The molecule has 2 saturated heterocycles. The first-order valence-corrected chi connectivity index (χ1v) is 7.95. The maximum atomic E-state index is 12.3. The van der Waals surface area contributed by atoms with E-state index in [1.54, 1.807) is 0 Å². The Labute approximate surface area is 126 Å². The SMILES string of the molecule is C[C@H](c1ccccc1)N1CC2(CCCCNCC2)OC1=O. The van der Waals surface area contributed by atoms with Crippen molar-refractivity contribution in [3.63, 3.8) is 0 Å². The predicted octanol–water partition coefficient (Wildman–Crippen LogP) is 3.10. The fourth-order valence-corrected chi connectivity index (χ4v) is 3.38. The van der Waals surface area contributed by atoms with Crippen molar-refractivity contribution in [2.24, 2.45) is 0 Å². The van der Waals surface area contributed by atoms with E-state index in [1.165, 1.54) is 0 Å². The summed E-state index contributed by atoms with van der Waals surface area (Å²) in [6.07, 6.45) is 4.02. The van der Waals surface area contributed by atoms with Crippen molar-refractivity contribution in [2.75, 3.05) is 19.6 Å². The molecule has 1 unspecified atom stereocenters. The van der Waals surface area contributed by atoms with Gasteiger partial charge >= 0.3 is 6.09 Å². The molecule has 0 saturated carbocycles. The summed E-state index contributed by atoms with van der Waals surface area (Å²) < 4.78 is 5.83. The van der Waals surface area contributed by atoms with Crippen molar-refractivity contribution in [2.45, 2.75) is 44.2 Å². The summed E-state index contributed by atoms with van der Waals surface area (Å²) >= 11 is 0. The molecule has 0 aromatic heterocycles. The zero-order valence-electron chi connectivity index (χ0n) is 12.7. The molecule has 3 rings (SSSR count). The third-order valence-electron chi connectivity index (χ3n) is 4.74. The van der Waals surface area contributed by atoms with Crippen LogP contribution in [0.3, 0.4) is 0 Å². The van der Waals surface area contributed by atoms with Gasteiger partial charge in [-0.1, -0.05) is 30.3 Å². The van der Waals surface area contributed by atoms with Crippen LogP contribution >= 0.6 is 0 Å². The third-order valence-corrected chi connectivity index (χ3v) is 4.74. The highest BCUT2D eigenvalue weighted by Crippen LogP contribution is 2.36. The number of carbonyl (C=O) groups excluding carboxylic acids is 1. The van der Waals surface area contributed by atoms with Crippen LogP contribution in [-0.2, 0) is 4.74 Å². The van der Waals surface area contributed by atoms with Gasteiger partial charge in [0.25, 0.3) is 0 Å². The van der Waals surface area contributed by atoms with Gasteiger partial charge in [-0.3, -0.25) is 4.90 Å². The van der Waals surface area contributed by atoms with Crippen LogP contribution in [-0.4, -0.2) is 36.2 Å². The predicted molar refractivity (Wildman–Crippen MR) is 82.1 cm³/mol. The second kappa shape index (κ2) is 6.06. The monoisotopic (exact) mass is 288 g/mol. The van der Waals surface area contributed by atoms with Crippen molar-refractivity contribution in [3.05, 3.63) is 35.9 Å². The first kappa shape index (κ1) is 14.4. The Morgan fingerprint density at radius 2 is 2.00 bits per heavy atom. The zero-order chi connectivity index (χ0) is 14.7. The van der Waals surface area contributed by atoms with E-state index in [0.717, 1.165) is 44.3 Å². The lowest BCUT2D eigenvalue weighted by Crippen LogP contribution is -2.40. The molecule has 114 valence electrons. The minimum absolute atomic E-state index is 0.0662. The van der Waals surface area contributed by atoms with Crippen molar-refractivity contribution < 1.29 is 9.53 Å². The maximum absolute atomic E-state index is 12.3. The van der Waals surface area contributed by atoms with Crippen molar-refractivity contribution in [3.8, 4) is 0 Å². The molecule has 1 amide bonds.